The highest BCUT2D eigenvalue weighted by molar-refractivity contribution is 4.60. The van der Waals surface area contributed by atoms with Crippen LogP contribution < -0.4 is 5.32 Å². The Morgan fingerprint density at radius 2 is 2.00 bits per heavy atom. The van der Waals surface area contributed by atoms with Gasteiger partial charge in [0, 0.05) is 12.6 Å². The lowest BCUT2D eigenvalue weighted by Gasteiger charge is -2.20. The molecule has 0 aliphatic carbocycles. The van der Waals surface area contributed by atoms with Crippen molar-refractivity contribution in [2.75, 3.05) is 26.7 Å². The summed E-state index contributed by atoms with van der Waals surface area (Å²) in [6.45, 7) is 9.24. The predicted molar refractivity (Wildman–Crippen MR) is 61.6 cm³/mol. The molecule has 0 aromatic rings. The van der Waals surface area contributed by atoms with E-state index in [-0.39, 0.29) is 6.10 Å². The van der Waals surface area contributed by atoms with Crippen LogP contribution in [-0.2, 0) is 0 Å². The van der Waals surface area contributed by atoms with Crippen molar-refractivity contribution < 1.29 is 5.11 Å². The van der Waals surface area contributed by atoms with Crippen LogP contribution in [0.1, 0.15) is 33.6 Å². The third kappa shape index (κ3) is 7.30. The van der Waals surface area contributed by atoms with Crippen LogP contribution in [-0.4, -0.2) is 48.8 Å². The van der Waals surface area contributed by atoms with Gasteiger partial charge < -0.3 is 15.3 Å². The van der Waals surface area contributed by atoms with Gasteiger partial charge in [-0.15, -0.1) is 0 Å². The first kappa shape index (κ1) is 13.9. The van der Waals surface area contributed by atoms with E-state index >= 15 is 0 Å². The highest BCUT2D eigenvalue weighted by Crippen LogP contribution is 1.94. The fourth-order valence-corrected chi connectivity index (χ4v) is 1.12. The van der Waals surface area contributed by atoms with Crippen LogP contribution in [0.25, 0.3) is 0 Å². The molecule has 0 radical (unpaired) electrons. The maximum absolute atomic E-state index is 9.28. The van der Waals surface area contributed by atoms with Crippen LogP contribution in [0.2, 0.25) is 0 Å². The molecule has 2 N–H and O–H groups in total. The Labute approximate surface area is 88.5 Å². The molecule has 0 heterocycles. The van der Waals surface area contributed by atoms with Gasteiger partial charge in [0.05, 0.1) is 6.10 Å². The Hall–Kier alpha value is -0.120. The SMILES string of the molecule is CCC(O)CNCCCN(C)C(C)C. The van der Waals surface area contributed by atoms with Crippen molar-refractivity contribution in [2.45, 2.75) is 45.8 Å². The molecule has 14 heavy (non-hydrogen) atoms. The van der Waals surface area contributed by atoms with Crippen LogP contribution in [0.15, 0.2) is 0 Å². The second-order valence-corrected chi connectivity index (χ2v) is 4.19. The first-order valence-electron chi connectivity index (χ1n) is 5.67. The molecule has 1 atom stereocenters. The number of rotatable bonds is 8. The van der Waals surface area contributed by atoms with Gasteiger partial charge in [-0.2, -0.15) is 0 Å². The van der Waals surface area contributed by atoms with Crippen LogP contribution in [0.4, 0.5) is 0 Å². The van der Waals surface area contributed by atoms with Crippen molar-refractivity contribution in [3.05, 3.63) is 0 Å². The number of hydrogen-bond donors (Lipinski definition) is 2. The number of nitrogens with one attached hydrogen (secondary N) is 1. The molecule has 0 amide bonds. The topological polar surface area (TPSA) is 35.5 Å². The smallest absolute Gasteiger partial charge is 0.0662 e. The molecule has 0 aromatic carbocycles. The maximum atomic E-state index is 9.28. The van der Waals surface area contributed by atoms with Gasteiger partial charge in [-0.25, -0.2) is 0 Å². The van der Waals surface area contributed by atoms with Gasteiger partial charge in [-0.3, -0.25) is 0 Å². The molecule has 3 nitrogen and oxygen atoms in total. The first-order valence-corrected chi connectivity index (χ1v) is 5.67. The summed E-state index contributed by atoms with van der Waals surface area (Å²) in [5.41, 5.74) is 0. The average molecular weight is 202 g/mol. The van der Waals surface area contributed by atoms with Crippen LogP contribution in [0, 0.1) is 0 Å². The van der Waals surface area contributed by atoms with Crippen molar-refractivity contribution in [3.8, 4) is 0 Å². The molecule has 0 aliphatic rings. The lowest BCUT2D eigenvalue weighted by molar-refractivity contribution is 0.166. The van der Waals surface area contributed by atoms with Gasteiger partial charge in [0.25, 0.3) is 0 Å². The zero-order valence-corrected chi connectivity index (χ0v) is 10.1. The molecule has 1 unspecified atom stereocenters. The second-order valence-electron chi connectivity index (χ2n) is 4.19. The summed E-state index contributed by atoms with van der Waals surface area (Å²) in [6.07, 6.45) is 1.79. The van der Waals surface area contributed by atoms with E-state index in [0.717, 1.165) is 32.5 Å². The summed E-state index contributed by atoms with van der Waals surface area (Å²) >= 11 is 0. The van der Waals surface area contributed by atoms with E-state index in [0.29, 0.717) is 6.04 Å². The quantitative estimate of drug-likeness (QED) is 0.578. The highest BCUT2D eigenvalue weighted by atomic mass is 16.3. The molecule has 0 saturated carbocycles. The Bertz CT molecular complexity index is 128. The van der Waals surface area contributed by atoms with E-state index in [9.17, 15) is 5.11 Å². The van der Waals surface area contributed by atoms with Gasteiger partial charge in [-0.05, 0) is 46.8 Å². The molecule has 0 saturated heterocycles. The van der Waals surface area contributed by atoms with Crippen LogP contribution in [0.5, 0.6) is 0 Å². The van der Waals surface area contributed by atoms with E-state index in [2.05, 4.69) is 31.1 Å². The van der Waals surface area contributed by atoms with Gasteiger partial charge in [0.1, 0.15) is 0 Å². The number of aliphatic hydroxyl groups excluding tert-OH is 1. The molecular formula is C11H26N2O. The van der Waals surface area contributed by atoms with Crippen molar-refractivity contribution >= 4 is 0 Å². The summed E-state index contributed by atoms with van der Waals surface area (Å²) in [7, 11) is 2.14. The molecule has 86 valence electrons. The lowest BCUT2D eigenvalue weighted by atomic mass is 10.2. The van der Waals surface area contributed by atoms with Crippen molar-refractivity contribution in [2.24, 2.45) is 0 Å². The summed E-state index contributed by atoms with van der Waals surface area (Å²) in [4.78, 5) is 2.33. The molecule has 3 heteroatoms. The zero-order chi connectivity index (χ0) is 11.0. The molecule has 0 fully saturated rings. The summed E-state index contributed by atoms with van der Waals surface area (Å²) < 4.78 is 0. The molecule has 0 rings (SSSR count). The van der Waals surface area contributed by atoms with Gasteiger partial charge in [-0.1, -0.05) is 6.92 Å². The summed E-state index contributed by atoms with van der Waals surface area (Å²) in [5, 5.41) is 12.5. The highest BCUT2D eigenvalue weighted by Gasteiger charge is 2.02. The standard InChI is InChI=1S/C11H26N2O/c1-5-11(14)9-12-7-6-8-13(4)10(2)3/h10-12,14H,5-9H2,1-4H3. The van der Waals surface area contributed by atoms with E-state index in [4.69, 9.17) is 0 Å². The van der Waals surface area contributed by atoms with Crippen molar-refractivity contribution in [1.29, 1.82) is 0 Å². The number of hydrogen-bond acceptors (Lipinski definition) is 3. The van der Waals surface area contributed by atoms with Gasteiger partial charge in [0.2, 0.25) is 0 Å². The summed E-state index contributed by atoms with van der Waals surface area (Å²) in [5.74, 6) is 0. The minimum Gasteiger partial charge on any atom is -0.392 e. The van der Waals surface area contributed by atoms with Gasteiger partial charge in [0.15, 0.2) is 0 Å². The van der Waals surface area contributed by atoms with E-state index in [1.807, 2.05) is 6.92 Å². The molecule has 0 bridgehead atoms. The largest absolute Gasteiger partial charge is 0.392 e. The minimum absolute atomic E-state index is 0.183. The fraction of sp³-hybridized carbons (Fsp3) is 1.00. The monoisotopic (exact) mass is 202 g/mol. The third-order valence-electron chi connectivity index (χ3n) is 2.60. The molecule has 0 aromatic heterocycles. The summed E-state index contributed by atoms with van der Waals surface area (Å²) in [6, 6.07) is 0.622. The third-order valence-corrected chi connectivity index (χ3v) is 2.60. The Morgan fingerprint density at radius 3 is 2.50 bits per heavy atom. The van der Waals surface area contributed by atoms with E-state index < -0.39 is 0 Å². The fourth-order valence-electron chi connectivity index (χ4n) is 1.12. The predicted octanol–water partition coefficient (Wildman–Crippen LogP) is 1.08. The minimum atomic E-state index is -0.183. The Balaban J connectivity index is 3.21. The average Bonchev–Trinajstić information content (AvgIpc) is 2.16. The molecular weight excluding hydrogens is 176 g/mol. The van der Waals surface area contributed by atoms with Gasteiger partial charge >= 0.3 is 0 Å². The Morgan fingerprint density at radius 1 is 1.36 bits per heavy atom. The maximum Gasteiger partial charge on any atom is 0.0662 e. The Kier molecular flexibility index (Phi) is 8.14. The van der Waals surface area contributed by atoms with E-state index in [1.54, 1.807) is 0 Å². The van der Waals surface area contributed by atoms with Crippen LogP contribution >= 0.6 is 0 Å². The van der Waals surface area contributed by atoms with Crippen molar-refractivity contribution in [3.63, 3.8) is 0 Å². The number of aliphatic hydroxyl groups is 1. The first-order chi connectivity index (χ1) is 6.57. The molecule has 0 aliphatic heterocycles. The molecule has 0 spiro atoms. The van der Waals surface area contributed by atoms with Crippen molar-refractivity contribution in [1.82, 2.24) is 10.2 Å². The van der Waals surface area contributed by atoms with E-state index in [1.165, 1.54) is 0 Å². The zero-order valence-electron chi connectivity index (χ0n) is 10.1. The number of nitrogens with zero attached hydrogens (tertiary/aromatic N) is 1. The van der Waals surface area contributed by atoms with Crippen LogP contribution in [0.3, 0.4) is 0 Å². The lowest BCUT2D eigenvalue weighted by Crippen LogP contribution is -2.31. The second kappa shape index (κ2) is 8.21. The normalized spacial score (nSPS) is 13.9.